The third kappa shape index (κ3) is 5.40. The molecule has 1 rings (SSSR count). The van der Waals surface area contributed by atoms with Gasteiger partial charge >= 0.3 is 6.09 Å². The standard InChI is InChI=1S/C16H22F5NO3Si/c1-4-26(5-2,24-3)9-7-6-8-22(21)16(23)25-12-10-11(17)13(18)15(20)14(12)19/h10H,4-9H2,1-3H3. The van der Waals surface area contributed by atoms with Crippen molar-refractivity contribution in [1.29, 1.82) is 0 Å². The summed E-state index contributed by atoms with van der Waals surface area (Å²) in [5.41, 5.74) is 0. The van der Waals surface area contributed by atoms with Crippen molar-refractivity contribution in [1.82, 2.24) is 5.12 Å². The number of rotatable bonds is 9. The first kappa shape index (κ1) is 22.4. The summed E-state index contributed by atoms with van der Waals surface area (Å²) in [4.78, 5) is 11.5. The zero-order chi connectivity index (χ0) is 19.9. The molecule has 26 heavy (non-hydrogen) atoms. The quantitative estimate of drug-likeness (QED) is 0.141. The van der Waals surface area contributed by atoms with Crippen LogP contribution in [0.4, 0.5) is 26.8 Å². The van der Waals surface area contributed by atoms with Gasteiger partial charge in [0.1, 0.15) is 0 Å². The lowest BCUT2D eigenvalue weighted by atomic mass is 10.3. The Labute approximate surface area is 149 Å². The minimum atomic E-state index is -2.14. The van der Waals surface area contributed by atoms with Crippen molar-refractivity contribution in [2.45, 2.75) is 44.8 Å². The summed E-state index contributed by atoms with van der Waals surface area (Å²) in [7, 11) is -0.168. The molecule has 0 radical (unpaired) electrons. The Morgan fingerprint density at radius 3 is 2.23 bits per heavy atom. The van der Waals surface area contributed by atoms with E-state index >= 15 is 0 Å². The monoisotopic (exact) mass is 399 g/mol. The second-order valence-corrected chi connectivity index (χ2v) is 10.5. The fourth-order valence-corrected chi connectivity index (χ4v) is 5.44. The van der Waals surface area contributed by atoms with E-state index in [-0.39, 0.29) is 17.7 Å². The SMILES string of the molecule is CC[Si](CC)(CCCCN(F)C(=O)Oc1cc(F)c(F)c(F)c1F)OC. The van der Waals surface area contributed by atoms with Gasteiger partial charge in [-0.15, -0.1) is 5.12 Å². The molecule has 10 heteroatoms. The fraction of sp³-hybridized carbons (Fsp3) is 0.562. The third-order valence-electron chi connectivity index (χ3n) is 4.42. The van der Waals surface area contributed by atoms with E-state index in [1.54, 1.807) is 7.11 Å². The number of carbonyl (C=O) groups is 1. The van der Waals surface area contributed by atoms with Gasteiger partial charge in [-0.05, 0) is 24.6 Å². The van der Waals surface area contributed by atoms with Crippen molar-refractivity contribution in [3.05, 3.63) is 29.3 Å². The first-order valence-electron chi connectivity index (χ1n) is 8.24. The highest BCUT2D eigenvalue weighted by molar-refractivity contribution is 6.73. The first-order valence-corrected chi connectivity index (χ1v) is 10.8. The lowest BCUT2D eigenvalue weighted by Gasteiger charge is -2.27. The van der Waals surface area contributed by atoms with Crippen LogP contribution in [0, 0.1) is 23.3 Å². The number of ether oxygens (including phenoxy) is 1. The van der Waals surface area contributed by atoms with Crippen LogP contribution in [-0.2, 0) is 4.43 Å². The third-order valence-corrected chi connectivity index (χ3v) is 9.13. The topological polar surface area (TPSA) is 38.8 Å². The number of nitrogens with zero attached hydrogens (tertiary/aromatic N) is 1. The summed E-state index contributed by atoms with van der Waals surface area (Å²) >= 11 is 0. The molecule has 0 N–H and O–H groups in total. The number of unbranched alkanes of at least 4 members (excludes halogenated alkanes) is 1. The zero-order valence-corrected chi connectivity index (χ0v) is 15.9. The van der Waals surface area contributed by atoms with Crippen molar-refractivity contribution in [2.75, 3.05) is 13.7 Å². The van der Waals surface area contributed by atoms with Gasteiger partial charge in [0.15, 0.2) is 25.7 Å². The molecule has 0 aliphatic heterocycles. The Kier molecular flexibility index (Phi) is 8.48. The number of amides is 1. The van der Waals surface area contributed by atoms with Gasteiger partial charge in [0.05, 0.1) is 6.54 Å². The van der Waals surface area contributed by atoms with E-state index in [4.69, 9.17) is 4.43 Å². The molecule has 0 unspecified atom stereocenters. The molecule has 1 aromatic rings. The molecule has 4 nitrogen and oxygen atoms in total. The van der Waals surface area contributed by atoms with Gasteiger partial charge in [0.2, 0.25) is 11.6 Å². The maximum Gasteiger partial charge on any atom is 0.443 e. The Morgan fingerprint density at radius 2 is 1.69 bits per heavy atom. The van der Waals surface area contributed by atoms with E-state index in [0.29, 0.717) is 12.8 Å². The van der Waals surface area contributed by atoms with Gasteiger partial charge in [-0.2, -0.15) is 4.39 Å². The highest BCUT2D eigenvalue weighted by Crippen LogP contribution is 2.26. The zero-order valence-electron chi connectivity index (χ0n) is 14.9. The van der Waals surface area contributed by atoms with E-state index in [0.717, 1.165) is 18.1 Å². The highest BCUT2D eigenvalue weighted by Gasteiger charge is 2.29. The minimum absolute atomic E-state index is 0.139. The van der Waals surface area contributed by atoms with Crippen LogP contribution in [0.2, 0.25) is 18.1 Å². The van der Waals surface area contributed by atoms with Crippen molar-refractivity contribution >= 4 is 14.4 Å². The second kappa shape index (κ2) is 9.86. The number of benzene rings is 1. The Balaban J connectivity index is 2.57. The fourth-order valence-electron chi connectivity index (χ4n) is 2.55. The highest BCUT2D eigenvalue weighted by atomic mass is 28.4. The van der Waals surface area contributed by atoms with Gasteiger partial charge in [0, 0.05) is 13.2 Å². The Hall–Kier alpha value is -1.68. The lowest BCUT2D eigenvalue weighted by molar-refractivity contribution is 0.0350. The number of halogens is 5. The van der Waals surface area contributed by atoms with Gasteiger partial charge < -0.3 is 9.16 Å². The molecule has 0 aliphatic rings. The van der Waals surface area contributed by atoms with E-state index < -0.39 is 43.4 Å². The predicted molar refractivity (Wildman–Crippen MR) is 87.9 cm³/mol. The van der Waals surface area contributed by atoms with Gasteiger partial charge in [-0.3, -0.25) is 0 Å². The molecule has 0 saturated heterocycles. The van der Waals surface area contributed by atoms with Crippen LogP contribution in [0.25, 0.3) is 0 Å². The molecule has 0 atom stereocenters. The van der Waals surface area contributed by atoms with E-state index in [2.05, 4.69) is 4.74 Å². The summed E-state index contributed by atoms with van der Waals surface area (Å²) in [6.45, 7) is 3.73. The molecule has 1 aromatic carbocycles. The second-order valence-electron chi connectivity index (χ2n) is 5.80. The van der Waals surface area contributed by atoms with Crippen molar-refractivity contribution in [2.24, 2.45) is 0 Å². The molecule has 0 heterocycles. The normalized spacial score (nSPS) is 11.5. The maximum absolute atomic E-state index is 13.7. The summed E-state index contributed by atoms with van der Waals surface area (Å²) in [6.07, 6.45) is -0.724. The van der Waals surface area contributed by atoms with Gasteiger partial charge in [-0.1, -0.05) is 24.7 Å². The van der Waals surface area contributed by atoms with Crippen LogP contribution in [0.3, 0.4) is 0 Å². The molecule has 0 spiro atoms. The molecule has 0 bridgehead atoms. The molecular formula is C16H22F5NO3Si. The Morgan fingerprint density at radius 1 is 1.08 bits per heavy atom. The summed E-state index contributed by atoms with van der Waals surface area (Å²) in [5.74, 6) is -9.07. The number of hydrogen-bond acceptors (Lipinski definition) is 3. The van der Waals surface area contributed by atoms with Crippen molar-refractivity contribution in [3.8, 4) is 5.75 Å². The lowest BCUT2D eigenvalue weighted by Crippen LogP contribution is -2.35. The van der Waals surface area contributed by atoms with Crippen LogP contribution >= 0.6 is 0 Å². The maximum atomic E-state index is 13.7. The minimum Gasteiger partial charge on any atom is -0.420 e. The van der Waals surface area contributed by atoms with Crippen LogP contribution in [0.5, 0.6) is 5.75 Å². The molecule has 0 fully saturated rings. The number of hydrogen-bond donors (Lipinski definition) is 0. The molecular weight excluding hydrogens is 377 g/mol. The van der Waals surface area contributed by atoms with Crippen LogP contribution < -0.4 is 4.74 Å². The van der Waals surface area contributed by atoms with E-state index in [1.807, 2.05) is 13.8 Å². The average molecular weight is 399 g/mol. The Bertz CT molecular complexity index is 620. The first-order chi connectivity index (χ1) is 12.2. The molecule has 0 aliphatic carbocycles. The van der Waals surface area contributed by atoms with E-state index in [1.165, 1.54) is 0 Å². The van der Waals surface area contributed by atoms with Gasteiger partial charge in [0.25, 0.3) is 0 Å². The predicted octanol–water partition coefficient (Wildman–Crippen LogP) is 5.34. The smallest absolute Gasteiger partial charge is 0.420 e. The van der Waals surface area contributed by atoms with Crippen LogP contribution in [0.1, 0.15) is 26.7 Å². The largest absolute Gasteiger partial charge is 0.443 e. The molecule has 0 saturated carbocycles. The summed E-state index contributed by atoms with van der Waals surface area (Å²) in [5, 5.41) is -0.327. The van der Waals surface area contributed by atoms with Gasteiger partial charge in [-0.25, -0.2) is 18.0 Å². The summed E-state index contributed by atoms with van der Waals surface area (Å²) < 4.78 is 75.9. The van der Waals surface area contributed by atoms with Crippen LogP contribution in [-0.4, -0.2) is 33.2 Å². The molecule has 1 amide bonds. The summed E-state index contributed by atoms with van der Waals surface area (Å²) in [6, 6.07) is 2.77. The molecule has 148 valence electrons. The van der Waals surface area contributed by atoms with E-state index in [9.17, 15) is 26.8 Å². The van der Waals surface area contributed by atoms with Crippen LogP contribution in [0.15, 0.2) is 6.07 Å². The average Bonchev–Trinajstić information content (AvgIpc) is 2.64. The van der Waals surface area contributed by atoms with Crippen molar-refractivity contribution in [3.63, 3.8) is 0 Å². The van der Waals surface area contributed by atoms with Crippen molar-refractivity contribution < 1.29 is 36.0 Å². The molecule has 0 aromatic heterocycles. The number of carbonyl (C=O) groups excluding carboxylic acids is 1.